The third-order valence-electron chi connectivity index (χ3n) is 4.74. The summed E-state index contributed by atoms with van der Waals surface area (Å²) in [4.78, 5) is 35.3. The fourth-order valence-corrected chi connectivity index (χ4v) is 3.22. The lowest BCUT2D eigenvalue weighted by atomic mass is 9.95. The van der Waals surface area contributed by atoms with Crippen LogP contribution in [0.1, 0.15) is 23.2 Å². The van der Waals surface area contributed by atoms with Gasteiger partial charge in [0.2, 0.25) is 5.91 Å². The molecule has 2 aromatic carbocycles. The lowest BCUT2D eigenvalue weighted by Crippen LogP contribution is -2.38. The van der Waals surface area contributed by atoms with E-state index in [0.717, 1.165) is 12.0 Å². The highest BCUT2D eigenvalue weighted by molar-refractivity contribution is 5.95. The van der Waals surface area contributed by atoms with Crippen molar-refractivity contribution in [3.8, 4) is 0 Å². The SMILES string of the molecule is O=Cc1ccc(N2CCC(C(=O)Nc3c(F)cc(F)cc3[N+](=O)[O-])CC2)cc1. The van der Waals surface area contributed by atoms with Gasteiger partial charge in [0.15, 0.2) is 11.5 Å². The smallest absolute Gasteiger partial charge is 0.298 e. The van der Waals surface area contributed by atoms with Crippen molar-refractivity contribution < 1.29 is 23.3 Å². The van der Waals surface area contributed by atoms with Crippen LogP contribution in [-0.2, 0) is 4.79 Å². The van der Waals surface area contributed by atoms with Gasteiger partial charge >= 0.3 is 0 Å². The van der Waals surface area contributed by atoms with E-state index in [1.54, 1.807) is 12.1 Å². The molecule has 146 valence electrons. The zero-order chi connectivity index (χ0) is 20.3. The second-order valence-corrected chi connectivity index (χ2v) is 6.50. The quantitative estimate of drug-likeness (QED) is 0.480. The second-order valence-electron chi connectivity index (χ2n) is 6.50. The fraction of sp³-hybridized carbons (Fsp3) is 0.263. The summed E-state index contributed by atoms with van der Waals surface area (Å²) in [6, 6.07) is 8.12. The summed E-state index contributed by atoms with van der Waals surface area (Å²) < 4.78 is 27.2. The summed E-state index contributed by atoms with van der Waals surface area (Å²) >= 11 is 0. The monoisotopic (exact) mass is 389 g/mol. The maximum Gasteiger partial charge on any atom is 0.298 e. The number of carbonyl (C=O) groups is 2. The van der Waals surface area contributed by atoms with E-state index in [2.05, 4.69) is 10.2 Å². The molecule has 1 heterocycles. The number of carbonyl (C=O) groups excluding carboxylic acids is 2. The van der Waals surface area contributed by atoms with Gasteiger partial charge in [-0.05, 0) is 37.1 Å². The number of benzene rings is 2. The molecule has 2 aromatic rings. The number of anilines is 2. The Kier molecular flexibility index (Phi) is 5.62. The summed E-state index contributed by atoms with van der Waals surface area (Å²) in [6.07, 6.45) is 1.70. The number of aldehydes is 1. The van der Waals surface area contributed by atoms with E-state index in [9.17, 15) is 28.5 Å². The third kappa shape index (κ3) is 4.13. The van der Waals surface area contributed by atoms with E-state index in [-0.39, 0.29) is 0 Å². The molecule has 9 heteroatoms. The molecule has 0 bridgehead atoms. The van der Waals surface area contributed by atoms with Crippen LogP contribution in [-0.4, -0.2) is 30.2 Å². The molecule has 0 spiro atoms. The highest BCUT2D eigenvalue weighted by Crippen LogP contribution is 2.30. The zero-order valence-electron chi connectivity index (χ0n) is 14.7. The highest BCUT2D eigenvalue weighted by atomic mass is 19.1. The summed E-state index contributed by atoms with van der Waals surface area (Å²) in [5.41, 5.74) is 0.0486. The molecule has 28 heavy (non-hydrogen) atoms. The number of nitro benzene ring substituents is 1. The Hall–Kier alpha value is -3.36. The first-order chi connectivity index (χ1) is 13.4. The van der Waals surface area contributed by atoms with Crippen molar-refractivity contribution in [1.82, 2.24) is 0 Å². The molecule has 1 aliphatic rings. The predicted molar refractivity (Wildman–Crippen MR) is 98.4 cm³/mol. The van der Waals surface area contributed by atoms with Gasteiger partial charge in [0.05, 0.1) is 11.0 Å². The van der Waals surface area contributed by atoms with E-state index < -0.39 is 39.8 Å². The van der Waals surface area contributed by atoms with Gasteiger partial charge in [-0.1, -0.05) is 0 Å². The number of piperidine rings is 1. The van der Waals surface area contributed by atoms with Crippen LogP contribution in [0.4, 0.5) is 25.8 Å². The van der Waals surface area contributed by atoms with Gasteiger partial charge in [0.25, 0.3) is 5.69 Å². The van der Waals surface area contributed by atoms with E-state index in [4.69, 9.17) is 0 Å². The molecule has 1 amide bonds. The third-order valence-corrected chi connectivity index (χ3v) is 4.74. The molecular weight excluding hydrogens is 372 g/mol. The Morgan fingerprint density at radius 2 is 1.82 bits per heavy atom. The number of hydrogen-bond acceptors (Lipinski definition) is 5. The Bertz CT molecular complexity index is 910. The van der Waals surface area contributed by atoms with Gasteiger partial charge in [0, 0.05) is 36.3 Å². The lowest BCUT2D eigenvalue weighted by molar-refractivity contribution is -0.384. The number of hydrogen-bond donors (Lipinski definition) is 1. The Morgan fingerprint density at radius 1 is 1.18 bits per heavy atom. The normalized spacial score (nSPS) is 14.6. The number of nitrogens with one attached hydrogen (secondary N) is 1. The van der Waals surface area contributed by atoms with E-state index in [1.165, 1.54) is 0 Å². The van der Waals surface area contributed by atoms with Gasteiger partial charge in [0.1, 0.15) is 12.1 Å². The molecule has 0 aromatic heterocycles. The first-order valence-corrected chi connectivity index (χ1v) is 8.63. The van der Waals surface area contributed by atoms with E-state index >= 15 is 0 Å². The van der Waals surface area contributed by atoms with Crippen LogP contribution in [0.5, 0.6) is 0 Å². The van der Waals surface area contributed by atoms with Crippen molar-refractivity contribution in [1.29, 1.82) is 0 Å². The molecule has 1 fully saturated rings. The van der Waals surface area contributed by atoms with E-state index in [1.807, 2.05) is 12.1 Å². The maximum absolute atomic E-state index is 14.0. The van der Waals surface area contributed by atoms with Crippen LogP contribution < -0.4 is 10.2 Å². The van der Waals surface area contributed by atoms with Crippen LogP contribution in [0.15, 0.2) is 36.4 Å². The molecule has 3 rings (SSSR count). The number of nitrogens with zero attached hydrogens (tertiary/aromatic N) is 2. The first kappa shape index (κ1) is 19.4. The minimum Gasteiger partial charge on any atom is -0.371 e. The van der Waals surface area contributed by atoms with Crippen LogP contribution in [0, 0.1) is 27.7 Å². The van der Waals surface area contributed by atoms with Crippen molar-refractivity contribution in [2.45, 2.75) is 12.8 Å². The highest BCUT2D eigenvalue weighted by Gasteiger charge is 2.28. The van der Waals surface area contributed by atoms with Crippen molar-refractivity contribution in [2.75, 3.05) is 23.3 Å². The van der Waals surface area contributed by atoms with Gasteiger partial charge in [-0.3, -0.25) is 19.7 Å². The van der Waals surface area contributed by atoms with E-state index in [0.29, 0.717) is 43.6 Å². The van der Waals surface area contributed by atoms with Gasteiger partial charge < -0.3 is 10.2 Å². The van der Waals surface area contributed by atoms with Crippen molar-refractivity contribution in [2.24, 2.45) is 5.92 Å². The molecule has 7 nitrogen and oxygen atoms in total. The molecular formula is C19H17F2N3O4. The largest absolute Gasteiger partial charge is 0.371 e. The molecule has 1 N–H and O–H groups in total. The standard InChI is InChI=1S/C19H17F2N3O4/c20-14-9-16(21)18(17(10-14)24(27)28)22-19(26)13-5-7-23(8-6-13)15-3-1-12(11-25)2-4-15/h1-4,9-11,13H,5-8H2,(H,22,26). The summed E-state index contributed by atoms with van der Waals surface area (Å²) in [5.74, 6) is -3.26. The molecule has 1 aliphatic heterocycles. The second kappa shape index (κ2) is 8.12. The molecule has 0 saturated carbocycles. The lowest BCUT2D eigenvalue weighted by Gasteiger charge is -2.33. The minimum absolute atomic E-state index is 0.449. The van der Waals surface area contributed by atoms with Crippen LogP contribution in [0.3, 0.4) is 0 Å². The number of amides is 1. The fourth-order valence-electron chi connectivity index (χ4n) is 3.22. The molecule has 0 atom stereocenters. The average molecular weight is 389 g/mol. The van der Waals surface area contributed by atoms with Gasteiger partial charge in [-0.2, -0.15) is 0 Å². The van der Waals surface area contributed by atoms with Crippen molar-refractivity contribution in [3.05, 3.63) is 63.7 Å². The van der Waals surface area contributed by atoms with Crippen LogP contribution in [0.2, 0.25) is 0 Å². The van der Waals surface area contributed by atoms with Crippen LogP contribution in [0.25, 0.3) is 0 Å². The topological polar surface area (TPSA) is 92.6 Å². The molecule has 0 aliphatic carbocycles. The summed E-state index contributed by atoms with van der Waals surface area (Å²) in [5, 5.41) is 13.3. The van der Waals surface area contributed by atoms with Crippen molar-refractivity contribution >= 4 is 29.3 Å². The molecule has 0 radical (unpaired) electrons. The molecule has 0 unspecified atom stereocenters. The van der Waals surface area contributed by atoms with Gasteiger partial charge in [-0.15, -0.1) is 0 Å². The average Bonchev–Trinajstić information content (AvgIpc) is 2.69. The predicted octanol–water partition coefficient (Wildman–Crippen LogP) is 3.54. The van der Waals surface area contributed by atoms with Crippen LogP contribution >= 0.6 is 0 Å². The summed E-state index contributed by atoms with van der Waals surface area (Å²) in [7, 11) is 0. The maximum atomic E-state index is 14.0. The number of nitro groups is 1. The molecule has 1 saturated heterocycles. The minimum atomic E-state index is -1.19. The Balaban J connectivity index is 1.66. The Labute approximate surface area is 159 Å². The summed E-state index contributed by atoms with van der Waals surface area (Å²) in [6.45, 7) is 1.12. The Morgan fingerprint density at radius 3 is 2.39 bits per heavy atom. The number of rotatable bonds is 5. The first-order valence-electron chi connectivity index (χ1n) is 8.63. The van der Waals surface area contributed by atoms with Gasteiger partial charge in [-0.25, -0.2) is 8.78 Å². The zero-order valence-corrected chi connectivity index (χ0v) is 14.7. The van der Waals surface area contributed by atoms with Crippen molar-refractivity contribution in [3.63, 3.8) is 0 Å². The number of halogens is 2.